The smallest absolute Gasteiger partial charge is 0.120 e. The molecule has 0 saturated carbocycles. The van der Waals surface area contributed by atoms with Crippen molar-refractivity contribution in [2.45, 2.75) is 25.7 Å². The second-order valence-electron chi connectivity index (χ2n) is 5.25. The highest BCUT2D eigenvalue weighted by molar-refractivity contribution is 5.30. The third-order valence-electron chi connectivity index (χ3n) is 3.27. The first kappa shape index (κ1) is 16.5. The molecule has 2 atom stereocenters. The van der Waals surface area contributed by atoms with Crippen molar-refractivity contribution in [1.29, 1.82) is 0 Å². The topological polar surface area (TPSA) is 64.7 Å². The van der Waals surface area contributed by atoms with Crippen molar-refractivity contribution >= 4 is 0 Å². The fourth-order valence-electron chi connectivity index (χ4n) is 2.11. The Kier molecular flexibility index (Phi) is 6.40. The normalized spacial score (nSPS) is 13.6. The van der Waals surface area contributed by atoms with E-state index in [1.54, 1.807) is 0 Å². The lowest BCUT2D eigenvalue weighted by Gasteiger charge is -2.16. The molecule has 2 rings (SSSR count). The molecule has 2 aromatic carbocycles. The number of ether oxygens (including phenoxy) is 2. The molecule has 0 heterocycles. The van der Waals surface area contributed by atoms with Gasteiger partial charge in [0, 0.05) is 6.54 Å². The maximum absolute atomic E-state index is 9.75. The highest BCUT2D eigenvalue weighted by Crippen LogP contribution is 2.19. The predicted molar refractivity (Wildman–Crippen MR) is 86.6 cm³/mol. The van der Waals surface area contributed by atoms with Gasteiger partial charge < -0.3 is 20.3 Å². The second-order valence-corrected chi connectivity index (χ2v) is 5.25. The molecule has 0 radical (unpaired) electrons. The maximum Gasteiger partial charge on any atom is 0.120 e. The molecule has 0 aliphatic heterocycles. The van der Waals surface area contributed by atoms with Crippen LogP contribution < -0.4 is 10.5 Å². The van der Waals surface area contributed by atoms with Crippen molar-refractivity contribution in [3.8, 4) is 5.75 Å². The van der Waals surface area contributed by atoms with Crippen LogP contribution in [0.5, 0.6) is 5.75 Å². The number of nitrogens with two attached hydrogens (primary N) is 1. The molecule has 0 saturated heterocycles. The average Bonchev–Trinajstić information content (AvgIpc) is 2.55. The number of hydrogen-bond acceptors (Lipinski definition) is 4. The van der Waals surface area contributed by atoms with E-state index in [1.807, 2.05) is 61.5 Å². The fourth-order valence-corrected chi connectivity index (χ4v) is 2.11. The number of benzene rings is 2. The van der Waals surface area contributed by atoms with Crippen LogP contribution in [0.2, 0.25) is 0 Å². The molecule has 0 fully saturated rings. The molecule has 0 aliphatic rings. The first-order chi connectivity index (χ1) is 10.7. The Balaban J connectivity index is 1.80. The van der Waals surface area contributed by atoms with Gasteiger partial charge >= 0.3 is 0 Å². The van der Waals surface area contributed by atoms with Gasteiger partial charge in [-0.05, 0) is 30.2 Å². The number of hydrogen-bond donors (Lipinski definition) is 2. The maximum atomic E-state index is 9.75. The van der Waals surface area contributed by atoms with E-state index in [1.165, 1.54) is 0 Å². The Hall–Kier alpha value is -1.88. The molecular formula is C18H23NO3. The monoisotopic (exact) mass is 301 g/mol. The lowest BCUT2D eigenvalue weighted by molar-refractivity contribution is 0.0491. The first-order valence-corrected chi connectivity index (χ1v) is 7.45. The lowest BCUT2D eigenvalue weighted by Crippen LogP contribution is -2.19. The Bertz CT molecular complexity index is 559. The highest BCUT2D eigenvalue weighted by Gasteiger charge is 2.08. The van der Waals surface area contributed by atoms with Crippen LogP contribution in [-0.2, 0) is 11.3 Å². The molecule has 4 nitrogen and oxygen atoms in total. The van der Waals surface area contributed by atoms with Gasteiger partial charge in [0.25, 0.3) is 0 Å². The van der Waals surface area contributed by atoms with E-state index in [4.69, 9.17) is 15.2 Å². The highest BCUT2D eigenvalue weighted by atomic mass is 16.5. The third-order valence-corrected chi connectivity index (χ3v) is 3.27. The van der Waals surface area contributed by atoms with Crippen LogP contribution in [0.1, 0.15) is 24.2 Å². The summed E-state index contributed by atoms with van der Waals surface area (Å²) in [4.78, 5) is 0. The van der Waals surface area contributed by atoms with Gasteiger partial charge in [-0.3, -0.25) is 0 Å². The average molecular weight is 301 g/mol. The number of rotatable bonds is 8. The van der Waals surface area contributed by atoms with Crippen LogP contribution in [-0.4, -0.2) is 24.4 Å². The van der Waals surface area contributed by atoms with Gasteiger partial charge in [-0.2, -0.15) is 0 Å². The van der Waals surface area contributed by atoms with E-state index in [0.717, 1.165) is 11.1 Å². The first-order valence-electron chi connectivity index (χ1n) is 7.45. The minimum absolute atomic E-state index is 0.0750. The number of aliphatic hydroxyl groups excluding tert-OH is 1. The zero-order chi connectivity index (χ0) is 15.8. The van der Waals surface area contributed by atoms with E-state index in [-0.39, 0.29) is 12.6 Å². The molecule has 4 heteroatoms. The molecule has 3 N–H and O–H groups in total. The summed E-state index contributed by atoms with van der Waals surface area (Å²) in [5, 5.41) is 9.75. The standard InChI is InChI=1S/C18H23NO3/c1-14(12-21-13-15-6-3-2-4-7-15)22-17-9-5-8-16(10-17)18(20)11-19/h2-10,14,18,20H,11-13,19H2,1H3/t14-,18-/m1/s1. The molecular weight excluding hydrogens is 278 g/mol. The van der Waals surface area contributed by atoms with E-state index < -0.39 is 6.10 Å². The van der Waals surface area contributed by atoms with E-state index in [0.29, 0.717) is 19.0 Å². The second kappa shape index (κ2) is 8.54. The number of aliphatic hydroxyl groups is 1. The van der Waals surface area contributed by atoms with Gasteiger partial charge in [0.15, 0.2) is 0 Å². The van der Waals surface area contributed by atoms with Crippen molar-refractivity contribution in [2.24, 2.45) is 5.73 Å². The SMILES string of the molecule is C[C@H](COCc1ccccc1)Oc1cccc([C@H](O)CN)c1. The predicted octanol–water partition coefficient (Wildman–Crippen LogP) is 2.66. The summed E-state index contributed by atoms with van der Waals surface area (Å²) in [6.45, 7) is 3.22. The molecule has 0 aromatic heterocycles. The molecule has 118 valence electrons. The molecule has 0 amide bonds. The Morgan fingerprint density at radius 1 is 1.09 bits per heavy atom. The fraction of sp³-hybridized carbons (Fsp3) is 0.333. The molecule has 22 heavy (non-hydrogen) atoms. The molecule has 0 spiro atoms. The van der Waals surface area contributed by atoms with Crippen molar-refractivity contribution < 1.29 is 14.6 Å². The lowest BCUT2D eigenvalue weighted by atomic mass is 10.1. The Labute approximate surface area is 131 Å². The minimum Gasteiger partial charge on any atom is -0.488 e. The summed E-state index contributed by atoms with van der Waals surface area (Å²) in [6, 6.07) is 17.4. The molecule has 0 unspecified atom stereocenters. The van der Waals surface area contributed by atoms with E-state index in [2.05, 4.69) is 0 Å². The van der Waals surface area contributed by atoms with Gasteiger partial charge in [-0.1, -0.05) is 42.5 Å². The summed E-state index contributed by atoms with van der Waals surface area (Å²) < 4.78 is 11.5. The van der Waals surface area contributed by atoms with Crippen LogP contribution in [0, 0.1) is 0 Å². The Morgan fingerprint density at radius 2 is 1.86 bits per heavy atom. The van der Waals surface area contributed by atoms with Crippen molar-refractivity contribution in [2.75, 3.05) is 13.2 Å². The molecule has 2 aromatic rings. The van der Waals surface area contributed by atoms with Crippen LogP contribution in [0.15, 0.2) is 54.6 Å². The summed E-state index contributed by atoms with van der Waals surface area (Å²) in [7, 11) is 0. The van der Waals surface area contributed by atoms with E-state index >= 15 is 0 Å². The summed E-state index contributed by atoms with van der Waals surface area (Å²) in [5.74, 6) is 0.709. The van der Waals surface area contributed by atoms with Crippen LogP contribution in [0.3, 0.4) is 0 Å². The summed E-state index contributed by atoms with van der Waals surface area (Å²) >= 11 is 0. The van der Waals surface area contributed by atoms with Gasteiger partial charge in [-0.15, -0.1) is 0 Å². The van der Waals surface area contributed by atoms with Gasteiger partial charge in [0.1, 0.15) is 11.9 Å². The summed E-state index contributed by atoms with van der Waals surface area (Å²) in [6.07, 6.45) is -0.734. The third kappa shape index (κ3) is 5.15. The van der Waals surface area contributed by atoms with Gasteiger partial charge in [0.05, 0.1) is 19.3 Å². The largest absolute Gasteiger partial charge is 0.488 e. The Morgan fingerprint density at radius 3 is 2.59 bits per heavy atom. The van der Waals surface area contributed by atoms with Crippen LogP contribution in [0.25, 0.3) is 0 Å². The summed E-state index contributed by atoms with van der Waals surface area (Å²) in [5.41, 5.74) is 7.37. The zero-order valence-electron chi connectivity index (χ0n) is 12.8. The van der Waals surface area contributed by atoms with Crippen molar-refractivity contribution in [3.63, 3.8) is 0 Å². The van der Waals surface area contributed by atoms with Crippen molar-refractivity contribution in [1.82, 2.24) is 0 Å². The van der Waals surface area contributed by atoms with Crippen molar-refractivity contribution in [3.05, 3.63) is 65.7 Å². The molecule has 0 aliphatic carbocycles. The minimum atomic E-state index is -0.659. The van der Waals surface area contributed by atoms with E-state index in [9.17, 15) is 5.11 Å². The van der Waals surface area contributed by atoms with Crippen LogP contribution >= 0.6 is 0 Å². The van der Waals surface area contributed by atoms with Gasteiger partial charge in [0.2, 0.25) is 0 Å². The quantitative estimate of drug-likeness (QED) is 0.787. The molecule has 0 bridgehead atoms. The van der Waals surface area contributed by atoms with Crippen LogP contribution in [0.4, 0.5) is 0 Å². The zero-order valence-corrected chi connectivity index (χ0v) is 12.8. The van der Waals surface area contributed by atoms with Gasteiger partial charge in [-0.25, -0.2) is 0 Å².